The number of nitro groups is 1. The molecule has 45 heavy (non-hydrogen) atoms. The van der Waals surface area contributed by atoms with Crippen molar-refractivity contribution in [3.05, 3.63) is 122 Å². The molecular weight excluding hydrogens is 640 g/mol. The smallest absolute Gasteiger partial charge is 0.300 e. The third-order valence-corrected chi connectivity index (χ3v) is 8.76. The first-order valence-electron chi connectivity index (χ1n) is 14.5. The second-order valence-electron chi connectivity index (χ2n) is 11.0. The highest BCUT2D eigenvalue weighted by molar-refractivity contribution is 9.10. The van der Waals surface area contributed by atoms with E-state index in [0.717, 1.165) is 34.4 Å². The number of allylic oxidation sites excluding steroid dienone is 2. The van der Waals surface area contributed by atoms with Crippen LogP contribution in [0.5, 0.6) is 0 Å². The van der Waals surface area contributed by atoms with Gasteiger partial charge in [-0.2, -0.15) is 0 Å². The minimum atomic E-state index is -0.528. The number of ether oxygens (including phenoxy) is 1. The van der Waals surface area contributed by atoms with Crippen molar-refractivity contribution in [2.75, 3.05) is 19.0 Å². The Bertz CT molecular complexity index is 1830. The average molecular weight is 672 g/mol. The van der Waals surface area contributed by atoms with E-state index in [4.69, 9.17) is 9.37 Å². The van der Waals surface area contributed by atoms with Gasteiger partial charge in [-0.15, -0.1) is 0 Å². The molecular formula is C33H31BrN6O5. The molecule has 0 bridgehead atoms. The Hall–Kier alpha value is -4.97. The summed E-state index contributed by atoms with van der Waals surface area (Å²) < 4.78 is 11.3. The number of aromatic nitrogens is 2. The summed E-state index contributed by atoms with van der Waals surface area (Å²) in [7, 11) is 1.69. The Morgan fingerprint density at radius 1 is 1.07 bits per heavy atom. The molecule has 1 amide bonds. The Labute approximate surface area is 267 Å². The molecule has 2 heterocycles. The predicted molar refractivity (Wildman–Crippen MR) is 173 cm³/mol. The molecule has 0 fully saturated rings. The van der Waals surface area contributed by atoms with Crippen LogP contribution in [0.1, 0.15) is 24.5 Å². The Kier molecular flexibility index (Phi) is 8.65. The van der Waals surface area contributed by atoms with Gasteiger partial charge in [0.05, 0.1) is 30.2 Å². The van der Waals surface area contributed by atoms with Crippen molar-refractivity contribution < 1.29 is 19.1 Å². The van der Waals surface area contributed by atoms with E-state index in [1.165, 1.54) is 22.9 Å². The highest BCUT2D eigenvalue weighted by Crippen LogP contribution is 2.41. The number of nitrogens with zero attached hydrogens (tertiary/aromatic N) is 4. The summed E-state index contributed by atoms with van der Waals surface area (Å²) >= 11 is 3.52. The highest BCUT2D eigenvalue weighted by atomic mass is 79.9. The lowest BCUT2D eigenvalue weighted by atomic mass is 9.88. The van der Waals surface area contributed by atoms with E-state index < -0.39 is 4.92 Å². The van der Waals surface area contributed by atoms with Crippen LogP contribution in [0.2, 0.25) is 0 Å². The summed E-state index contributed by atoms with van der Waals surface area (Å²) in [6, 6.07) is 18.9. The zero-order valence-electron chi connectivity index (χ0n) is 24.7. The van der Waals surface area contributed by atoms with Gasteiger partial charge in [0, 0.05) is 40.9 Å². The van der Waals surface area contributed by atoms with E-state index in [1.54, 1.807) is 13.2 Å². The molecule has 0 saturated heterocycles. The van der Waals surface area contributed by atoms with Crippen molar-refractivity contribution in [1.82, 2.24) is 20.5 Å². The van der Waals surface area contributed by atoms with E-state index in [9.17, 15) is 14.9 Å². The van der Waals surface area contributed by atoms with E-state index in [2.05, 4.69) is 85.1 Å². The monoisotopic (exact) mass is 670 g/mol. The number of hydrogen-bond acceptors (Lipinski definition) is 9. The molecule has 11 nitrogen and oxygen atoms in total. The molecule has 0 saturated carbocycles. The number of rotatable bonds is 11. The standard InChI is InChI=1S/C33H31BrN6O5/c1-20-26(27-18-25(44-2)11-13-29(27)39(20)19-22-3-7-23(34)8-4-22)15-16-35-31(41)17-21-5-9-24(10-6-21)36-28-12-14-30(40(42)43)33-32(28)37-45-38-33/h3-14,18,27,29,36H,15-17,19H2,1-2H3,(H,35,41). The SMILES string of the molecule is COC1=CC2C(CCNC(=O)Cc3ccc(Nc4ccc([N+](=O)[O-])c5nonc45)cc3)=C(C)N(Cc3ccc(Br)cc3)C2C=C1. The van der Waals surface area contributed by atoms with Crippen LogP contribution in [0.15, 0.2) is 105 Å². The first-order valence-corrected chi connectivity index (χ1v) is 15.3. The molecule has 0 radical (unpaired) electrons. The number of benzene rings is 3. The molecule has 3 aromatic carbocycles. The fraction of sp³-hybridized carbons (Fsp3) is 0.242. The van der Waals surface area contributed by atoms with Crippen molar-refractivity contribution in [2.45, 2.75) is 32.4 Å². The van der Waals surface area contributed by atoms with Crippen molar-refractivity contribution in [3.63, 3.8) is 0 Å². The fourth-order valence-corrected chi connectivity index (χ4v) is 6.20. The van der Waals surface area contributed by atoms with Crippen molar-refractivity contribution >= 4 is 49.9 Å². The van der Waals surface area contributed by atoms with Crippen LogP contribution in [-0.4, -0.2) is 45.7 Å². The highest BCUT2D eigenvalue weighted by Gasteiger charge is 2.37. The van der Waals surface area contributed by atoms with Gasteiger partial charge in [-0.1, -0.05) is 46.3 Å². The third kappa shape index (κ3) is 6.46. The lowest BCUT2D eigenvalue weighted by Crippen LogP contribution is -2.32. The molecule has 1 aromatic heterocycles. The zero-order chi connectivity index (χ0) is 31.5. The number of hydrogen-bond donors (Lipinski definition) is 2. The molecule has 230 valence electrons. The molecule has 1 aliphatic heterocycles. The van der Waals surface area contributed by atoms with Crippen molar-refractivity contribution in [3.8, 4) is 0 Å². The molecule has 2 unspecified atom stereocenters. The van der Waals surface area contributed by atoms with Crippen LogP contribution in [-0.2, 0) is 22.5 Å². The number of nitrogens with one attached hydrogen (secondary N) is 2. The summed E-state index contributed by atoms with van der Waals surface area (Å²) in [6.07, 6.45) is 7.41. The van der Waals surface area contributed by atoms with Crippen LogP contribution >= 0.6 is 15.9 Å². The number of amides is 1. The number of methoxy groups -OCH3 is 1. The van der Waals surface area contributed by atoms with E-state index in [-0.39, 0.29) is 41.0 Å². The number of fused-ring (bicyclic) bond motifs is 2. The molecule has 6 rings (SSSR count). The number of non-ortho nitro benzene ring substituents is 1. The van der Waals surface area contributed by atoms with Gasteiger partial charge in [0.1, 0.15) is 5.76 Å². The number of carbonyl (C=O) groups is 1. The van der Waals surface area contributed by atoms with Crippen LogP contribution in [0.25, 0.3) is 11.0 Å². The lowest BCUT2D eigenvalue weighted by molar-refractivity contribution is -0.383. The average Bonchev–Trinajstić information content (AvgIpc) is 3.63. The maximum absolute atomic E-state index is 12.9. The summed E-state index contributed by atoms with van der Waals surface area (Å²) in [5.41, 5.74) is 6.04. The van der Waals surface area contributed by atoms with Gasteiger partial charge < -0.3 is 20.3 Å². The summed E-state index contributed by atoms with van der Waals surface area (Å²) in [5.74, 6) is 0.977. The largest absolute Gasteiger partial charge is 0.497 e. The van der Waals surface area contributed by atoms with Crippen LogP contribution < -0.4 is 10.6 Å². The predicted octanol–water partition coefficient (Wildman–Crippen LogP) is 6.56. The fourth-order valence-electron chi connectivity index (χ4n) is 5.94. The first kappa shape index (κ1) is 30.1. The van der Waals surface area contributed by atoms with E-state index in [1.807, 2.05) is 30.3 Å². The van der Waals surface area contributed by atoms with Gasteiger partial charge in [-0.05, 0) is 82.8 Å². The minimum absolute atomic E-state index is 0.0577. The topological polar surface area (TPSA) is 136 Å². The molecule has 1 aliphatic carbocycles. The van der Waals surface area contributed by atoms with Crippen LogP contribution in [0, 0.1) is 16.0 Å². The van der Waals surface area contributed by atoms with Gasteiger partial charge in [0.25, 0.3) is 0 Å². The van der Waals surface area contributed by atoms with Gasteiger partial charge in [-0.25, -0.2) is 4.63 Å². The number of nitro benzene ring substituents is 1. The molecule has 0 spiro atoms. The van der Waals surface area contributed by atoms with Gasteiger partial charge >= 0.3 is 5.69 Å². The number of anilines is 2. The Morgan fingerprint density at radius 3 is 2.53 bits per heavy atom. The Balaban J connectivity index is 1.06. The second kappa shape index (κ2) is 12.9. The summed E-state index contributed by atoms with van der Waals surface area (Å²) in [6.45, 7) is 3.49. The van der Waals surface area contributed by atoms with E-state index >= 15 is 0 Å². The minimum Gasteiger partial charge on any atom is -0.497 e. The number of carbonyl (C=O) groups excluding carboxylic acids is 1. The maximum atomic E-state index is 12.9. The zero-order valence-corrected chi connectivity index (χ0v) is 26.3. The molecule has 2 aliphatic rings. The molecule has 12 heteroatoms. The third-order valence-electron chi connectivity index (χ3n) is 8.23. The van der Waals surface area contributed by atoms with Gasteiger partial charge in [0.15, 0.2) is 5.52 Å². The maximum Gasteiger partial charge on any atom is 0.300 e. The molecule has 2 N–H and O–H groups in total. The van der Waals surface area contributed by atoms with Crippen LogP contribution in [0.3, 0.4) is 0 Å². The second-order valence-corrected chi connectivity index (χ2v) is 11.9. The first-order chi connectivity index (χ1) is 21.8. The molecule has 4 aromatic rings. The van der Waals surface area contributed by atoms with Gasteiger partial charge in [0.2, 0.25) is 11.4 Å². The Morgan fingerprint density at radius 2 is 1.80 bits per heavy atom. The van der Waals surface area contributed by atoms with Crippen molar-refractivity contribution in [2.24, 2.45) is 5.92 Å². The summed E-state index contributed by atoms with van der Waals surface area (Å²) in [5, 5.41) is 25.0. The summed E-state index contributed by atoms with van der Waals surface area (Å²) in [4.78, 5) is 26.0. The van der Waals surface area contributed by atoms with Crippen molar-refractivity contribution in [1.29, 1.82) is 0 Å². The molecule has 2 atom stereocenters. The lowest BCUT2D eigenvalue weighted by Gasteiger charge is -2.31. The van der Waals surface area contributed by atoms with Gasteiger partial charge in [-0.3, -0.25) is 14.9 Å². The van der Waals surface area contributed by atoms with Crippen LogP contribution in [0.4, 0.5) is 17.1 Å². The van der Waals surface area contributed by atoms with E-state index in [0.29, 0.717) is 12.2 Å². The number of halogens is 1. The quantitative estimate of drug-likeness (QED) is 0.134. The normalized spacial score (nSPS) is 17.3.